The minimum Gasteiger partial charge on any atom is -0.444 e. The predicted molar refractivity (Wildman–Crippen MR) is 68.3 cm³/mol. The van der Waals surface area contributed by atoms with E-state index in [-0.39, 0.29) is 11.3 Å². The summed E-state index contributed by atoms with van der Waals surface area (Å²) in [5, 5.41) is 13.2. The van der Waals surface area contributed by atoms with Crippen LogP contribution in [0.5, 0.6) is 0 Å². The molecule has 0 spiro atoms. The summed E-state index contributed by atoms with van der Waals surface area (Å²) < 4.78 is 4.99. The summed E-state index contributed by atoms with van der Waals surface area (Å²) in [6.07, 6.45) is -0.461. The van der Waals surface area contributed by atoms with Gasteiger partial charge in [0.05, 0.1) is 10.5 Å². The van der Waals surface area contributed by atoms with Crippen LogP contribution in [0.15, 0.2) is 18.2 Å². The molecular weight excluding hydrogens is 252 g/mol. The van der Waals surface area contributed by atoms with Gasteiger partial charge in [0.15, 0.2) is 6.29 Å². The number of ether oxygens (including phenoxy) is 1. The molecule has 19 heavy (non-hydrogen) atoms. The molecule has 7 nitrogen and oxygen atoms in total. The minimum atomic E-state index is -0.821. The molecule has 1 aromatic carbocycles. The lowest BCUT2D eigenvalue weighted by atomic mass is 10.1. The van der Waals surface area contributed by atoms with Crippen LogP contribution in [0.25, 0.3) is 0 Å². The first-order valence-electron chi connectivity index (χ1n) is 5.47. The van der Waals surface area contributed by atoms with Crippen LogP contribution in [0.2, 0.25) is 0 Å². The largest absolute Gasteiger partial charge is 0.444 e. The molecular formula is C12H14N2O5. The van der Waals surface area contributed by atoms with Crippen molar-refractivity contribution in [1.29, 1.82) is 0 Å². The van der Waals surface area contributed by atoms with Gasteiger partial charge in [0.1, 0.15) is 11.3 Å². The highest BCUT2D eigenvalue weighted by molar-refractivity contribution is 5.93. The average molecular weight is 266 g/mol. The van der Waals surface area contributed by atoms with Gasteiger partial charge < -0.3 is 4.74 Å². The zero-order chi connectivity index (χ0) is 14.6. The third-order valence-corrected chi connectivity index (χ3v) is 2.01. The maximum Gasteiger partial charge on any atom is 0.412 e. The summed E-state index contributed by atoms with van der Waals surface area (Å²) in [5.74, 6) is 0. The third kappa shape index (κ3) is 4.06. The molecule has 1 N–H and O–H groups in total. The SMILES string of the molecule is CC(C)(C)OC(=O)Nc1cccc(C=O)c1[N+](=O)[O-]. The molecule has 102 valence electrons. The van der Waals surface area contributed by atoms with Gasteiger partial charge in [-0.3, -0.25) is 20.2 Å². The van der Waals surface area contributed by atoms with Gasteiger partial charge in [0.2, 0.25) is 0 Å². The van der Waals surface area contributed by atoms with Crippen LogP contribution in [-0.4, -0.2) is 22.9 Å². The number of nitro benzene ring substituents is 1. The highest BCUT2D eigenvalue weighted by atomic mass is 16.6. The van der Waals surface area contributed by atoms with Crippen LogP contribution in [-0.2, 0) is 4.74 Å². The molecule has 0 radical (unpaired) electrons. The van der Waals surface area contributed by atoms with Crippen LogP contribution in [0.1, 0.15) is 31.1 Å². The number of hydrogen-bond acceptors (Lipinski definition) is 5. The van der Waals surface area contributed by atoms with Crippen molar-refractivity contribution in [1.82, 2.24) is 0 Å². The Balaban J connectivity index is 3.05. The number of nitro groups is 1. The molecule has 0 aliphatic heterocycles. The normalized spacial score (nSPS) is 10.7. The summed E-state index contributed by atoms with van der Waals surface area (Å²) in [7, 11) is 0. The van der Waals surface area contributed by atoms with Gasteiger partial charge in [-0.2, -0.15) is 0 Å². The fourth-order valence-corrected chi connectivity index (χ4v) is 1.37. The average Bonchev–Trinajstić information content (AvgIpc) is 2.25. The van der Waals surface area contributed by atoms with E-state index in [2.05, 4.69) is 5.32 Å². The van der Waals surface area contributed by atoms with E-state index in [1.54, 1.807) is 20.8 Å². The van der Waals surface area contributed by atoms with Crippen LogP contribution in [0, 0.1) is 10.1 Å². The molecule has 0 atom stereocenters. The summed E-state index contributed by atoms with van der Waals surface area (Å²) in [4.78, 5) is 32.5. The van der Waals surface area contributed by atoms with Crippen LogP contribution in [0.3, 0.4) is 0 Å². The third-order valence-electron chi connectivity index (χ3n) is 2.01. The van der Waals surface area contributed by atoms with E-state index in [9.17, 15) is 19.7 Å². The van der Waals surface area contributed by atoms with E-state index < -0.39 is 22.3 Å². The number of hydrogen-bond donors (Lipinski definition) is 1. The molecule has 0 saturated carbocycles. The number of rotatable bonds is 3. The number of carbonyl (C=O) groups is 2. The van der Waals surface area contributed by atoms with Gasteiger partial charge in [-0.1, -0.05) is 6.07 Å². The van der Waals surface area contributed by atoms with E-state index >= 15 is 0 Å². The number of nitrogens with one attached hydrogen (secondary N) is 1. The Hall–Kier alpha value is -2.44. The number of aldehydes is 1. The van der Waals surface area contributed by atoms with Gasteiger partial charge in [0.25, 0.3) is 0 Å². The lowest BCUT2D eigenvalue weighted by molar-refractivity contribution is -0.384. The second-order valence-corrected chi connectivity index (χ2v) is 4.75. The Bertz CT molecular complexity index is 519. The monoisotopic (exact) mass is 266 g/mol. The van der Waals surface area contributed by atoms with Gasteiger partial charge in [-0.25, -0.2) is 4.79 Å². The Morgan fingerprint density at radius 1 is 1.42 bits per heavy atom. The smallest absolute Gasteiger partial charge is 0.412 e. The second-order valence-electron chi connectivity index (χ2n) is 4.75. The second kappa shape index (κ2) is 5.47. The fraction of sp³-hybridized carbons (Fsp3) is 0.333. The highest BCUT2D eigenvalue weighted by Gasteiger charge is 2.23. The summed E-state index contributed by atoms with van der Waals surface area (Å²) in [6, 6.07) is 4.06. The van der Waals surface area contributed by atoms with Crippen molar-refractivity contribution in [2.75, 3.05) is 5.32 Å². The quantitative estimate of drug-likeness (QED) is 0.515. The van der Waals surface area contributed by atoms with Crippen molar-refractivity contribution in [3.63, 3.8) is 0 Å². The molecule has 0 fully saturated rings. The maximum absolute atomic E-state index is 11.6. The number of carbonyl (C=O) groups excluding carboxylic acids is 2. The van der Waals surface area contributed by atoms with Gasteiger partial charge >= 0.3 is 11.8 Å². The molecule has 0 aliphatic rings. The summed E-state index contributed by atoms with van der Waals surface area (Å²) >= 11 is 0. The Morgan fingerprint density at radius 2 is 2.05 bits per heavy atom. The van der Waals surface area contributed by atoms with Crippen molar-refractivity contribution in [3.05, 3.63) is 33.9 Å². The zero-order valence-corrected chi connectivity index (χ0v) is 10.8. The van der Waals surface area contributed by atoms with Gasteiger partial charge in [0, 0.05) is 0 Å². The molecule has 1 aromatic rings. The lowest BCUT2D eigenvalue weighted by Gasteiger charge is -2.19. The van der Waals surface area contributed by atoms with Crippen molar-refractivity contribution in [2.45, 2.75) is 26.4 Å². The van der Waals surface area contributed by atoms with E-state index in [0.29, 0.717) is 6.29 Å². The minimum absolute atomic E-state index is 0.0798. The lowest BCUT2D eigenvalue weighted by Crippen LogP contribution is -2.27. The fourth-order valence-electron chi connectivity index (χ4n) is 1.37. The van der Waals surface area contributed by atoms with Crippen LogP contribution < -0.4 is 5.32 Å². The molecule has 0 heterocycles. The number of nitrogens with zero attached hydrogens (tertiary/aromatic N) is 1. The number of amides is 1. The number of anilines is 1. The predicted octanol–water partition coefficient (Wildman–Crippen LogP) is 2.75. The topological polar surface area (TPSA) is 98.5 Å². The van der Waals surface area contributed by atoms with Crippen LogP contribution >= 0.6 is 0 Å². The maximum atomic E-state index is 11.6. The number of benzene rings is 1. The standard InChI is InChI=1S/C12H14N2O5/c1-12(2,3)19-11(16)13-9-6-4-5-8(7-15)10(9)14(17)18/h4-7H,1-3H3,(H,13,16). The van der Waals surface area contributed by atoms with E-state index in [4.69, 9.17) is 4.74 Å². The van der Waals surface area contributed by atoms with Crippen molar-refractivity contribution in [2.24, 2.45) is 0 Å². The molecule has 0 unspecified atom stereocenters. The summed E-state index contributed by atoms with van der Waals surface area (Å²) in [6.45, 7) is 5.01. The molecule has 0 saturated heterocycles. The number of para-hydroxylation sites is 1. The molecule has 7 heteroatoms. The highest BCUT2D eigenvalue weighted by Crippen LogP contribution is 2.27. The van der Waals surface area contributed by atoms with E-state index in [1.165, 1.54) is 18.2 Å². The zero-order valence-electron chi connectivity index (χ0n) is 10.8. The Labute approximate surface area is 109 Å². The molecule has 1 rings (SSSR count). The molecule has 0 aromatic heterocycles. The molecule has 0 bridgehead atoms. The van der Waals surface area contributed by atoms with E-state index in [1.807, 2.05) is 0 Å². The Morgan fingerprint density at radius 3 is 2.53 bits per heavy atom. The van der Waals surface area contributed by atoms with Crippen molar-refractivity contribution < 1.29 is 19.2 Å². The molecule has 0 aliphatic carbocycles. The van der Waals surface area contributed by atoms with E-state index in [0.717, 1.165) is 0 Å². The van der Waals surface area contributed by atoms with Crippen molar-refractivity contribution in [3.8, 4) is 0 Å². The first-order valence-corrected chi connectivity index (χ1v) is 5.47. The molecule has 1 amide bonds. The Kier molecular flexibility index (Phi) is 4.21. The van der Waals surface area contributed by atoms with Crippen LogP contribution in [0.4, 0.5) is 16.2 Å². The van der Waals surface area contributed by atoms with Gasteiger partial charge in [-0.05, 0) is 32.9 Å². The first kappa shape index (κ1) is 14.6. The first-order chi connectivity index (χ1) is 8.74. The summed E-state index contributed by atoms with van der Waals surface area (Å²) in [5.41, 5.74) is -1.37. The van der Waals surface area contributed by atoms with Crippen molar-refractivity contribution >= 4 is 23.8 Å². The van der Waals surface area contributed by atoms with Gasteiger partial charge in [-0.15, -0.1) is 0 Å².